The highest BCUT2D eigenvalue weighted by Crippen LogP contribution is 2.34. The standard InChI is InChI=1S/C18H20S/c1-3-7-15(8-4-1)16-11-13-18(14-12-16)19-17-9-5-2-6-10-17/h2,5-6,9-15H,1,3-4,7-8H2. The van der Waals surface area contributed by atoms with Gasteiger partial charge in [0, 0.05) is 9.79 Å². The van der Waals surface area contributed by atoms with Crippen molar-refractivity contribution in [1.82, 2.24) is 0 Å². The molecule has 0 unspecified atom stereocenters. The summed E-state index contributed by atoms with van der Waals surface area (Å²) in [4.78, 5) is 2.65. The van der Waals surface area contributed by atoms with Crippen molar-refractivity contribution in [2.75, 3.05) is 0 Å². The van der Waals surface area contributed by atoms with E-state index in [0.717, 1.165) is 5.92 Å². The molecule has 0 saturated heterocycles. The minimum absolute atomic E-state index is 0.810. The lowest BCUT2D eigenvalue weighted by atomic mass is 9.84. The van der Waals surface area contributed by atoms with Gasteiger partial charge in [0.25, 0.3) is 0 Å². The Morgan fingerprint density at radius 1 is 0.684 bits per heavy atom. The van der Waals surface area contributed by atoms with Crippen molar-refractivity contribution < 1.29 is 0 Å². The first-order valence-corrected chi connectivity index (χ1v) is 8.06. The molecule has 19 heavy (non-hydrogen) atoms. The molecule has 0 bridgehead atoms. The molecule has 1 heteroatoms. The van der Waals surface area contributed by atoms with Crippen LogP contribution in [-0.2, 0) is 0 Å². The predicted octanol–water partition coefficient (Wildman–Crippen LogP) is 5.89. The summed E-state index contributed by atoms with van der Waals surface area (Å²) in [5.41, 5.74) is 1.54. The Bertz CT molecular complexity index is 495. The van der Waals surface area contributed by atoms with Crippen molar-refractivity contribution in [3.05, 3.63) is 60.2 Å². The molecule has 0 nitrogen and oxygen atoms in total. The summed E-state index contributed by atoms with van der Waals surface area (Å²) in [6, 6.07) is 19.8. The molecule has 1 aliphatic rings. The van der Waals surface area contributed by atoms with Gasteiger partial charge in [-0.1, -0.05) is 61.4 Å². The van der Waals surface area contributed by atoms with Gasteiger partial charge in [-0.2, -0.15) is 0 Å². The normalized spacial score (nSPS) is 16.4. The third-order valence-corrected chi connectivity index (χ3v) is 4.95. The fourth-order valence-electron chi connectivity index (χ4n) is 2.87. The average molecular weight is 268 g/mol. The molecule has 98 valence electrons. The van der Waals surface area contributed by atoms with Gasteiger partial charge in [0.05, 0.1) is 0 Å². The second-order valence-corrected chi connectivity index (χ2v) is 6.47. The minimum Gasteiger partial charge on any atom is -0.0901 e. The Kier molecular flexibility index (Phi) is 4.24. The topological polar surface area (TPSA) is 0 Å². The summed E-state index contributed by atoms with van der Waals surface area (Å²) in [6.45, 7) is 0. The first-order valence-electron chi connectivity index (χ1n) is 7.25. The average Bonchev–Trinajstić information content (AvgIpc) is 2.50. The number of rotatable bonds is 3. The van der Waals surface area contributed by atoms with E-state index >= 15 is 0 Å². The second-order valence-electron chi connectivity index (χ2n) is 5.32. The van der Waals surface area contributed by atoms with Crippen LogP contribution in [0.2, 0.25) is 0 Å². The van der Waals surface area contributed by atoms with Crippen LogP contribution in [-0.4, -0.2) is 0 Å². The summed E-state index contributed by atoms with van der Waals surface area (Å²) in [7, 11) is 0. The van der Waals surface area contributed by atoms with E-state index in [1.54, 1.807) is 0 Å². The highest BCUT2D eigenvalue weighted by Gasteiger charge is 2.15. The van der Waals surface area contributed by atoms with Gasteiger partial charge in [0.2, 0.25) is 0 Å². The van der Waals surface area contributed by atoms with E-state index in [1.807, 2.05) is 11.8 Å². The molecular formula is C18H20S. The maximum Gasteiger partial charge on any atom is 0.0122 e. The highest BCUT2D eigenvalue weighted by molar-refractivity contribution is 7.99. The molecular weight excluding hydrogens is 248 g/mol. The van der Waals surface area contributed by atoms with E-state index in [9.17, 15) is 0 Å². The van der Waals surface area contributed by atoms with Gasteiger partial charge in [-0.25, -0.2) is 0 Å². The van der Waals surface area contributed by atoms with Crippen molar-refractivity contribution in [2.45, 2.75) is 47.8 Å². The lowest BCUT2D eigenvalue weighted by Gasteiger charge is -2.22. The SMILES string of the molecule is c1ccc(Sc2ccc(C3CCCCC3)cc2)cc1. The molecule has 1 aliphatic carbocycles. The zero-order valence-corrected chi connectivity index (χ0v) is 12.0. The van der Waals surface area contributed by atoms with E-state index in [-0.39, 0.29) is 0 Å². The van der Waals surface area contributed by atoms with Crippen molar-refractivity contribution in [1.29, 1.82) is 0 Å². The Hall–Kier alpha value is -1.21. The summed E-state index contributed by atoms with van der Waals surface area (Å²) in [6.07, 6.45) is 7.01. The van der Waals surface area contributed by atoms with Gasteiger partial charge >= 0.3 is 0 Å². The van der Waals surface area contributed by atoms with Gasteiger partial charge in [-0.3, -0.25) is 0 Å². The van der Waals surface area contributed by atoms with Crippen molar-refractivity contribution in [3.8, 4) is 0 Å². The molecule has 0 spiro atoms. The van der Waals surface area contributed by atoms with Crippen LogP contribution in [0.1, 0.15) is 43.6 Å². The fourth-order valence-corrected chi connectivity index (χ4v) is 3.71. The largest absolute Gasteiger partial charge is 0.0901 e. The molecule has 2 aromatic rings. The summed E-state index contributed by atoms with van der Waals surface area (Å²) in [5.74, 6) is 0.810. The molecule has 1 fully saturated rings. The van der Waals surface area contributed by atoms with Crippen LogP contribution in [0.5, 0.6) is 0 Å². The van der Waals surface area contributed by atoms with E-state index in [4.69, 9.17) is 0 Å². The zero-order valence-electron chi connectivity index (χ0n) is 11.2. The molecule has 0 N–H and O–H groups in total. The summed E-state index contributed by atoms with van der Waals surface area (Å²) >= 11 is 1.84. The van der Waals surface area contributed by atoms with E-state index in [2.05, 4.69) is 54.6 Å². The smallest absolute Gasteiger partial charge is 0.0122 e. The van der Waals surface area contributed by atoms with Crippen LogP contribution in [0.15, 0.2) is 64.4 Å². The molecule has 0 aliphatic heterocycles. The van der Waals surface area contributed by atoms with E-state index < -0.39 is 0 Å². The Morgan fingerprint density at radius 3 is 2.00 bits per heavy atom. The van der Waals surface area contributed by atoms with Crippen LogP contribution in [0, 0.1) is 0 Å². The molecule has 0 heterocycles. The number of hydrogen-bond acceptors (Lipinski definition) is 1. The predicted molar refractivity (Wildman–Crippen MR) is 82.8 cm³/mol. The number of hydrogen-bond donors (Lipinski definition) is 0. The van der Waals surface area contributed by atoms with Gasteiger partial charge in [-0.05, 0) is 48.6 Å². The maximum absolute atomic E-state index is 2.33. The van der Waals surface area contributed by atoms with Crippen LogP contribution < -0.4 is 0 Å². The van der Waals surface area contributed by atoms with Crippen molar-refractivity contribution in [3.63, 3.8) is 0 Å². The lowest BCUT2D eigenvalue weighted by Crippen LogP contribution is -2.03. The highest BCUT2D eigenvalue weighted by atomic mass is 32.2. The van der Waals surface area contributed by atoms with E-state index in [1.165, 1.54) is 47.5 Å². The monoisotopic (exact) mass is 268 g/mol. The Morgan fingerprint density at radius 2 is 1.32 bits per heavy atom. The maximum atomic E-state index is 2.33. The third kappa shape index (κ3) is 3.42. The van der Waals surface area contributed by atoms with E-state index in [0.29, 0.717) is 0 Å². The molecule has 2 aromatic carbocycles. The molecule has 0 aromatic heterocycles. The van der Waals surface area contributed by atoms with Gasteiger partial charge in [-0.15, -0.1) is 0 Å². The Balaban J connectivity index is 1.68. The first-order chi connectivity index (χ1) is 9.42. The van der Waals surface area contributed by atoms with Crippen LogP contribution in [0.4, 0.5) is 0 Å². The van der Waals surface area contributed by atoms with Crippen LogP contribution in [0.3, 0.4) is 0 Å². The van der Waals surface area contributed by atoms with Crippen LogP contribution >= 0.6 is 11.8 Å². The Labute approximate surface area is 120 Å². The van der Waals surface area contributed by atoms with Gasteiger partial charge in [0.15, 0.2) is 0 Å². The zero-order chi connectivity index (χ0) is 12.9. The molecule has 0 radical (unpaired) electrons. The van der Waals surface area contributed by atoms with Crippen LogP contribution in [0.25, 0.3) is 0 Å². The van der Waals surface area contributed by atoms with Crippen molar-refractivity contribution >= 4 is 11.8 Å². The molecule has 0 atom stereocenters. The first kappa shape index (κ1) is 12.8. The molecule has 3 rings (SSSR count). The number of benzene rings is 2. The quantitative estimate of drug-likeness (QED) is 0.669. The second kappa shape index (κ2) is 6.29. The van der Waals surface area contributed by atoms with Gasteiger partial charge < -0.3 is 0 Å². The van der Waals surface area contributed by atoms with Gasteiger partial charge in [0.1, 0.15) is 0 Å². The molecule has 0 amide bonds. The summed E-state index contributed by atoms with van der Waals surface area (Å²) < 4.78 is 0. The minimum atomic E-state index is 0.810. The van der Waals surface area contributed by atoms with Crippen molar-refractivity contribution in [2.24, 2.45) is 0 Å². The lowest BCUT2D eigenvalue weighted by molar-refractivity contribution is 0.443. The fraction of sp³-hybridized carbons (Fsp3) is 0.333. The molecule has 1 saturated carbocycles. The third-order valence-electron chi connectivity index (χ3n) is 3.94. The summed E-state index contributed by atoms with van der Waals surface area (Å²) in [5, 5.41) is 0.